The quantitative estimate of drug-likeness (QED) is 0.736. The lowest BCUT2D eigenvalue weighted by molar-refractivity contribution is 0.554. The minimum Gasteiger partial charge on any atom is -0.207 e. The van der Waals surface area contributed by atoms with Crippen molar-refractivity contribution < 1.29 is 8.78 Å². The topological polar surface area (TPSA) is 0 Å². The second-order valence-electron chi connectivity index (χ2n) is 5.30. The molecule has 0 nitrogen and oxygen atoms in total. The predicted molar refractivity (Wildman–Crippen MR) is 77.3 cm³/mol. The van der Waals surface area contributed by atoms with Gasteiger partial charge in [0, 0.05) is 11.6 Å². The Labute approximate surface area is 117 Å². The number of aryl methyl sites for hydroxylation is 1. The largest absolute Gasteiger partial charge is 0.207 e. The van der Waals surface area contributed by atoms with Crippen LogP contribution in [0.1, 0.15) is 23.1 Å². The van der Waals surface area contributed by atoms with E-state index in [1.165, 1.54) is 23.3 Å². The van der Waals surface area contributed by atoms with Gasteiger partial charge < -0.3 is 0 Å². The van der Waals surface area contributed by atoms with Crippen LogP contribution < -0.4 is 0 Å². The Morgan fingerprint density at radius 2 is 1.80 bits per heavy atom. The van der Waals surface area contributed by atoms with Crippen molar-refractivity contribution in [1.82, 2.24) is 0 Å². The summed E-state index contributed by atoms with van der Waals surface area (Å²) in [7, 11) is 0. The second-order valence-corrected chi connectivity index (χ2v) is 5.30. The Morgan fingerprint density at radius 3 is 2.60 bits per heavy atom. The highest BCUT2D eigenvalue weighted by molar-refractivity contribution is 5.50. The third kappa shape index (κ3) is 2.79. The summed E-state index contributed by atoms with van der Waals surface area (Å²) in [5, 5.41) is 0. The highest BCUT2D eigenvalue weighted by Crippen LogP contribution is 2.26. The van der Waals surface area contributed by atoms with Crippen LogP contribution >= 0.6 is 0 Å². The van der Waals surface area contributed by atoms with Gasteiger partial charge in [0.25, 0.3) is 0 Å². The number of hydrogen-bond acceptors (Lipinski definition) is 0. The van der Waals surface area contributed by atoms with Gasteiger partial charge in [-0.3, -0.25) is 0 Å². The molecule has 20 heavy (non-hydrogen) atoms. The maximum absolute atomic E-state index is 13.6. The molecule has 3 rings (SSSR count). The van der Waals surface area contributed by atoms with E-state index in [4.69, 9.17) is 0 Å². The Bertz CT molecular complexity index is 644. The van der Waals surface area contributed by atoms with Crippen molar-refractivity contribution in [2.24, 2.45) is 5.92 Å². The minimum atomic E-state index is -0.536. The molecule has 0 radical (unpaired) electrons. The van der Waals surface area contributed by atoms with Gasteiger partial charge in [0.15, 0.2) is 0 Å². The van der Waals surface area contributed by atoms with E-state index in [1.807, 2.05) is 6.08 Å². The molecule has 1 unspecified atom stereocenters. The standard InChI is InChI=1S/C18H16F2/c19-17-10-9-15(18(20)12-17)8-6-13-5-7-14-3-1-2-4-16(14)11-13/h1-4,6,8-10,12-13H,5,7,11H2/b8-6-. The fourth-order valence-corrected chi connectivity index (χ4v) is 2.77. The van der Waals surface area contributed by atoms with Crippen LogP contribution in [0, 0.1) is 17.6 Å². The van der Waals surface area contributed by atoms with Crippen LogP contribution in [-0.4, -0.2) is 0 Å². The van der Waals surface area contributed by atoms with Gasteiger partial charge in [0.1, 0.15) is 11.6 Å². The van der Waals surface area contributed by atoms with Gasteiger partial charge in [0.2, 0.25) is 0 Å². The van der Waals surface area contributed by atoms with Gasteiger partial charge in [0.05, 0.1) is 0 Å². The third-order valence-electron chi connectivity index (χ3n) is 3.90. The summed E-state index contributed by atoms with van der Waals surface area (Å²) in [4.78, 5) is 0. The molecule has 1 atom stereocenters. The maximum Gasteiger partial charge on any atom is 0.133 e. The van der Waals surface area contributed by atoms with Crippen molar-refractivity contribution >= 4 is 6.08 Å². The first-order chi connectivity index (χ1) is 9.72. The van der Waals surface area contributed by atoms with Gasteiger partial charge in [-0.25, -0.2) is 8.78 Å². The Kier molecular flexibility index (Phi) is 3.64. The number of halogens is 2. The zero-order valence-electron chi connectivity index (χ0n) is 11.2. The molecule has 1 aliphatic rings. The number of hydrogen-bond donors (Lipinski definition) is 0. The van der Waals surface area contributed by atoms with Crippen molar-refractivity contribution in [3.05, 3.63) is 76.9 Å². The second kappa shape index (κ2) is 5.58. The summed E-state index contributed by atoms with van der Waals surface area (Å²) in [5.74, 6) is -0.613. The number of fused-ring (bicyclic) bond motifs is 1. The zero-order valence-corrected chi connectivity index (χ0v) is 11.2. The third-order valence-corrected chi connectivity index (χ3v) is 3.90. The van der Waals surface area contributed by atoms with E-state index in [0.717, 1.165) is 25.3 Å². The Balaban J connectivity index is 1.74. The number of benzene rings is 2. The molecule has 2 heteroatoms. The molecule has 2 aromatic carbocycles. The van der Waals surface area contributed by atoms with E-state index < -0.39 is 11.6 Å². The molecule has 0 saturated carbocycles. The van der Waals surface area contributed by atoms with Crippen molar-refractivity contribution in [3.63, 3.8) is 0 Å². The van der Waals surface area contributed by atoms with E-state index in [9.17, 15) is 8.78 Å². The maximum atomic E-state index is 13.6. The first-order valence-corrected chi connectivity index (χ1v) is 6.92. The van der Waals surface area contributed by atoms with Crippen LogP contribution in [0.4, 0.5) is 8.78 Å². The van der Waals surface area contributed by atoms with Crippen LogP contribution in [0.5, 0.6) is 0 Å². The molecule has 0 saturated heterocycles. The van der Waals surface area contributed by atoms with Crippen LogP contribution in [0.3, 0.4) is 0 Å². The first-order valence-electron chi connectivity index (χ1n) is 6.92. The van der Waals surface area contributed by atoms with E-state index in [-0.39, 0.29) is 0 Å². The smallest absolute Gasteiger partial charge is 0.133 e. The number of allylic oxidation sites excluding steroid dienone is 1. The monoisotopic (exact) mass is 270 g/mol. The molecular weight excluding hydrogens is 254 g/mol. The van der Waals surface area contributed by atoms with E-state index >= 15 is 0 Å². The van der Waals surface area contributed by atoms with Gasteiger partial charge in [-0.15, -0.1) is 0 Å². The average molecular weight is 270 g/mol. The molecule has 0 bridgehead atoms. The van der Waals surface area contributed by atoms with E-state index in [0.29, 0.717) is 11.5 Å². The average Bonchev–Trinajstić information content (AvgIpc) is 2.46. The lowest BCUT2D eigenvalue weighted by atomic mass is 9.83. The van der Waals surface area contributed by atoms with Gasteiger partial charge in [-0.2, -0.15) is 0 Å². The first kappa shape index (κ1) is 13.0. The molecule has 0 amide bonds. The highest BCUT2D eigenvalue weighted by atomic mass is 19.1. The van der Waals surface area contributed by atoms with Crippen LogP contribution in [-0.2, 0) is 12.8 Å². The molecule has 2 aromatic rings. The van der Waals surface area contributed by atoms with Gasteiger partial charge in [-0.05, 0) is 48.4 Å². The van der Waals surface area contributed by atoms with E-state index in [1.54, 1.807) is 6.08 Å². The molecule has 0 aromatic heterocycles. The summed E-state index contributed by atoms with van der Waals surface area (Å²) in [6.07, 6.45) is 6.96. The normalized spacial score (nSPS) is 18.2. The van der Waals surface area contributed by atoms with Crippen LogP contribution in [0.15, 0.2) is 48.5 Å². The molecule has 0 aliphatic heterocycles. The molecule has 0 N–H and O–H groups in total. The molecule has 0 heterocycles. The fourth-order valence-electron chi connectivity index (χ4n) is 2.77. The van der Waals surface area contributed by atoms with Crippen molar-refractivity contribution in [3.8, 4) is 0 Å². The lowest BCUT2D eigenvalue weighted by Gasteiger charge is -2.21. The molecule has 102 valence electrons. The fraction of sp³-hybridized carbons (Fsp3) is 0.222. The highest BCUT2D eigenvalue weighted by Gasteiger charge is 2.15. The summed E-state index contributed by atoms with van der Waals surface area (Å²) >= 11 is 0. The zero-order chi connectivity index (χ0) is 13.9. The summed E-state index contributed by atoms with van der Waals surface area (Å²) in [5.41, 5.74) is 3.25. The SMILES string of the molecule is Fc1ccc(/C=C\C2CCc3ccccc3C2)c(F)c1. The lowest BCUT2D eigenvalue weighted by Crippen LogP contribution is -2.11. The summed E-state index contributed by atoms with van der Waals surface area (Å²) in [6.45, 7) is 0. The molecule has 1 aliphatic carbocycles. The summed E-state index contributed by atoms with van der Waals surface area (Å²) in [6, 6.07) is 12.2. The van der Waals surface area contributed by atoms with Gasteiger partial charge >= 0.3 is 0 Å². The van der Waals surface area contributed by atoms with E-state index in [2.05, 4.69) is 24.3 Å². The number of rotatable bonds is 2. The minimum absolute atomic E-state index is 0.425. The predicted octanol–water partition coefficient (Wildman–Crippen LogP) is 4.78. The van der Waals surface area contributed by atoms with Crippen LogP contribution in [0.2, 0.25) is 0 Å². The Morgan fingerprint density at radius 1 is 1.00 bits per heavy atom. The van der Waals surface area contributed by atoms with Crippen molar-refractivity contribution in [1.29, 1.82) is 0 Å². The van der Waals surface area contributed by atoms with Gasteiger partial charge in [-0.1, -0.05) is 36.4 Å². The van der Waals surface area contributed by atoms with Crippen molar-refractivity contribution in [2.45, 2.75) is 19.3 Å². The van der Waals surface area contributed by atoms with Crippen molar-refractivity contribution in [2.75, 3.05) is 0 Å². The molecule has 0 spiro atoms. The molecule has 0 fully saturated rings. The Hall–Kier alpha value is -1.96. The summed E-state index contributed by atoms with van der Waals surface area (Å²) < 4.78 is 26.4. The molecular formula is C18H16F2. The van der Waals surface area contributed by atoms with Crippen LogP contribution in [0.25, 0.3) is 6.08 Å².